The summed E-state index contributed by atoms with van der Waals surface area (Å²) < 4.78 is 11.6. The summed E-state index contributed by atoms with van der Waals surface area (Å²) >= 11 is 0. The number of hydrogen-bond donors (Lipinski definition) is 0. The maximum Gasteiger partial charge on any atom is 0.162 e. The first-order valence-electron chi connectivity index (χ1n) is 5.74. The van der Waals surface area contributed by atoms with Crippen molar-refractivity contribution in [2.45, 2.75) is 45.6 Å². The molecule has 1 aliphatic rings. The average molecular weight is 220 g/mol. The van der Waals surface area contributed by atoms with Gasteiger partial charge in [0.05, 0.1) is 0 Å². The van der Waals surface area contributed by atoms with E-state index in [-0.39, 0.29) is 11.0 Å². The average Bonchev–Trinajstić information content (AvgIpc) is 2.13. The van der Waals surface area contributed by atoms with Crippen molar-refractivity contribution >= 4 is 0 Å². The number of rotatable bonds is 0. The van der Waals surface area contributed by atoms with Gasteiger partial charge in [0.15, 0.2) is 11.5 Å². The van der Waals surface area contributed by atoms with Crippen LogP contribution in [0.3, 0.4) is 0 Å². The van der Waals surface area contributed by atoms with Crippen LogP contribution in [0.15, 0.2) is 18.2 Å². The maximum absolute atomic E-state index is 5.93. The van der Waals surface area contributed by atoms with Crippen LogP contribution in [0.2, 0.25) is 0 Å². The van der Waals surface area contributed by atoms with E-state index in [4.69, 9.17) is 9.47 Å². The standard InChI is InChI=1S/C14H20O2/c1-13(2,3)10-6-7-11-12(8-10)16-14(4,5)9-15-11/h6-8H,9H2,1-5H3. The molecule has 1 aromatic rings. The van der Waals surface area contributed by atoms with E-state index in [1.165, 1.54) is 5.56 Å². The Kier molecular flexibility index (Phi) is 2.41. The summed E-state index contributed by atoms with van der Waals surface area (Å²) in [5.74, 6) is 1.72. The van der Waals surface area contributed by atoms with Gasteiger partial charge in [0, 0.05) is 0 Å². The lowest BCUT2D eigenvalue weighted by Gasteiger charge is -2.33. The number of benzene rings is 1. The molecule has 0 amide bonds. The zero-order chi connectivity index (χ0) is 12.0. The molecule has 0 bridgehead atoms. The summed E-state index contributed by atoms with van der Waals surface area (Å²) in [6.07, 6.45) is 0. The van der Waals surface area contributed by atoms with Crippen molar-refractivity contribution in [2.75, 3.05) is 6.61 Å². The van der Waals surface area contributed by atoms with Gasteiger partial charge in [-0.1, -0.05) is 26.8 Å². The Labute approximate surface area is 97.6 Å². The molecule has 2 heteroatoms. The van der Waals surface area contributed by atoms with Crippen LogP contribution in [-0.2, 0) is 5.41 Å². The molecular weight excluding hydrogens is 200 g/mol. The van der Waals surface area contributed by atoms with E-state index < -0.39 is 0 Å². The molecule has 0 atom stereocenters. The highest BCUT2D eigenvalue weighted by Crippen LogP contribution is 2.38. The van der Waals surface area contributed by atoms with Crippen molar-refractivity contribution in [2.24, 2.45) is 0 Å². The van der Waals surface area contributed by atoms with Gasteiger partial charge in [0.25, 0.3) is 0 Å². The van der Waals surface area contributed by atoms with Gasteiger partial charge < -0.3 is 9.47 Å². The van der Waals surface area contributed by atoms with E-state index in [9.17, 15) is 0 Å². The SMILES string of the molecule is CC1(C)COc2ccc(C(C)(C)C)cc2O1. The summed E-state index contributed by atoms with van der Waals surface area (Å²) in [7, 11) is 0. The van der Waals surface area contributed by atoms with Crippen LogP contribution >= 0.6 is 0 Å². The molecule has 0 N–H and O–H groups in total. The number of fused-ring (bicyclic) bond motifs is 1. The molecule has 0 aromatic heterocycles. The van der Waals surface area contributed by atoms with Crippen LogP contribution in [0.1, 0.15) is 40.2 Å². The van der Waals surface area contributed by atoms with Crippen LogP contribution in [0.25, 0.3) is 0 Å². The molecule has 2 nitrogen and oxygen atoms in total. The Morgan fingerprint density at radius 2 is 1.81 bits per heavy atom. The van der Waals surface area contributed by atoms with E-state index in [1.54, 1.807) is 0 Å². The molecule has 0 radical (unpaired) electrons. The lowest BCUT2D eigenvalue weighted by atomic mass is 9.87. The van der Waals surface area contributed by atoms with Gasteiger partial charge in [-0.25, -0.2) is 0 Å². The molecule has 0 aliphatic carbocycles. The Bertz CT molecular complexity index is 400. The van der Waals surface area contributed by atoms with Crippen LogP contribution in [-0.4, -0.2) is 12.2 Å². The summed E-state index contributed by atoms with van der Waals surface area (Å²) in [4.78, 5) is 0. The summed E-state index contributed by atoms with van der Waals surface area (Å²) in [5, 5.41) is 0. The predicted molar refractivity (Wildman–Crippen MR) is 65.3 cm³/mol. The highest BCUT2D eigenvalue weighted by Gasteiger charge is 2.29. The van der Waals surface area contributed by atoms with Gasteiger partial charge in [0.1, 0.15) is 12.2 Å². The van der Waals surface area contributed by atoms with Gasteiger partial charge in [-0.15, -0.1) is 0 Å². The van der Waals surface area contributed by atoms with Crippen molar-refractivity contribution in [3.8, 4) is 11.5 Å². The molecule has 1 heterocycles. The van der Waals surface area contributed by atoms with Gasteiger partial charge in [-0.05, 0) is 37.0 Å². The lowest BCUT2D eigenvalue weighted by molar-refractivity contribution is 0.0211. The molecule has 1 aliphatic heterocycles. The fourth-order valence-corrected chi connectivity index (χ4v) is 1.75. The van der Waals surface area contributed by atoms with E-state index in [2.05, 4.69) is 32.9 Å². The second-order valence-electron chi connectivity index (χ2n) is 6.06. The molecule has 88 valence electrons. The second kappa shape index (κ2) is 3.41. The predicted octanol–water partition coefficient (Wildman–Crippen LogP) is 3.53. The van der Waals surface area contributed by atoms with E-state index in [0.717, 1.165) is 11.5 Å². The van der Waals surface area contributed by atoms with Crippen molar-refractivity contribution in [3.63, 3.8) is 0 Å². The minimum atomic E-state index is -0.233. The zero-order valence-corrected chi connectivity index (χ0v) is 10.8. The van der Waals surface area contributed by atoms with Crippen molar-refractivity contribution in [3.05, 3.63) is 23.8 Å². The van der Waals surface area contributed by atoms with Gasteiger partial charge in [-0.3, -0.25) is 0 Å². The molecule has 0 spiro atoms. The molecule has 0 saturated heterocycles. The normalized spacial score (nSPS) is 18.3. The first-order chi connectivity index (χ1) is 7.28. The third kappa shape index (κ3) is 2.16. The smallest absolute Gasteiger partial charge is 0.162 e. The fourth-order valence-electron chi connectivity index (χ4n) is 1.75. The Morgan fingerprint density at radius 1 is 1.12 bits per heavy atom. The van der Waals surface area contributed by atoms with Gasteiger partial charge in [-0.2, -0.15) is 0 Å². The molecule has 16 heavy (non-hydrogen) atoms. The monoisotopic (exact) mass is 220 g/mol. The fraction of sp³-hybridized carbons (Fsp3) is 0.571. The van der Waals surface area contributed by atoms with Crippen LogP contribution in [0, 0.1) is 0 Å². The summed E-state index contributed by atoms with van der Waals surface area (Å²) in [6, 6.07) is 6.21. The zero-order valence-electron chi connectivity index (χ0n) is 10.8. The third-order valence-electron chi connectivity index (χ3n) is 2.77. The van der Waals surface area contributed by atoms with Crippen molar-refractivity contribution < 1.29 is 9.47 Å². The summed E-state index contributed by atoms with van der Waals surface area (Å²) in [6.45, 7) is 11.3. The van der Waals surface area contributed by atoms with Crippen molar-refractivity contribution in [1.29, 1.82) is 0 Å². The lowest BCUT2D eigenvalue weighted by Crippen LogP contribution is -2.38. The molecule has 2 rings (SSSR count). The number of ether oxygens (including phenoxy) is 2. The van der Waals surface area contributed by atoms with Crippen LogP contribution in [0.4, 0.5) is 0 Å². The quantitative estimate of drug-likeness (QED) is 0.666. The van der Waals surface area contributed by atoms with Gasteiger partial charge >= 0.3 is 0 Å². The third-order valence-corrected chi connectivity index (χ3v) is 2.77. The first kappa shape index (κ1) is 11.3. The van der Waals surface area contributed by atoms with Crippen LogP contribution < -0.4 is 9.47 Å². The Hall–Kier alpha value is -1.18. The topological polar surface area (TPSA) is 18.5 Å². The highest BCUT2D eigenvalue weighted by molar-refractivity contribution is 5.46. The molecular formula is C14H20O2. The highest BCUT2D eigenvalue weighted by atomic mass is 16.6. The minimum absolute atomic E-state index is 0.139. The maximum atomic E-state index is 5.93. The van der Waals surface area contributed by atoms with Crippen molar-refractivity contribution in [1.82, 2.24) is 0 Å². The van der Waals surface area contributed by atoms with Gasteiger partial charge in [0.2, 0.25) is 0 Å². The van der Waals surface area contributed by atoms with E-state index >= 15 is 0 Å². The molecule has 0 fully saturated rings. The van der Waals surface area contributed by atoms with E-state index in [0.29, 0.717) is 6.61 Å². The molecule has 0 unspecified atom stereocenters. The second-order valence-corrected chi connectivity index (χ2v) is 6.06. The largest absolute Gasteiger partial charge is 0.486 e. The Balaban J connectivity index is 2.39. The summed E-state index contributed by atoms with van der Waals surface area (Å²) in [5.41, 5.74) is 1.18. The first-order valence-corrected chi connectivity index (χ1v) is 5.74. The number of hydrogen-bond acceptors (Lipinski definition) is 2. The molecule has 1 aromatic carbocycles. The Morgan fingerprint density at radius 3 is 2.44 bits per heavy atom. The molecule has 0 saturated carbocycles. The minimum Gasteiger partial charge on any atom is -0.486 e. The van der Waals surface area contributed by atoms with Crippen LogP contribution in [0.5, 0.6) is 11.5 Å². The van der Waals surface area contributed by atoms with E-state index in [1.807, 2.05) is 19.9 Å².